The molecule has 0 saturated heterocycles. The minimum atomic E-state index is -0.0655. The van der Waals surface area contributed by atoms with Crippen LogP contribution in [0.15, 0.2) is 12.1 Å². The summed E-state index contributed by atoms with van der Waals surface area (Å²) in [4.78, 5) is 11.7. The van der Waals surface area contributed by atoms with Gasteiger partial charge in [-0.25, -0.2) is 0 Å². The third kappa shape index (κ3) is 1.86. The van der Waals surface area contributed by atoms with Crippen LogP contribution >= 0.6 is 0 Å². The van der Waals surface area contributed by atoms with Crippen molar-refractivity contribution < 1.29 is 14.3 Å². The van der Waals surface area contributed by atoms with E-state index >= 15 is 0 Å². The molecule has 0 unspecified atom stereocenters. The van der Waals surface area contributed by atoms with Gasteiger partial charge in [0, 0.05) is 11.0 Å². The molecule has 4 heteroatoms. The van der Waals surface area contributed by atoms with E-state index in [1.807, 2.05) is 13.0 Å². The van der Waals surface area contributed by atoms with Gasteiger partial charge in [0.15, 0.2) is 17.3 Å². The van der Waals surface area contributed by atoms with Gasteiger partial charge in [-0.3, -0.25) is 4.79 Å². The van der Waals surface area contributed by atoms with Crippen LogP contribution in [0, 0.1) is 12.3 Å². The number of benzene rings is 1. The van der Waals surface area contributed by atoms with E-state index in [1.165, 1.54) is 0 Å². The highest BCUT2D eigenvalue weighted by atomic mass is 16.5. The quantitative estimate of drug-likeness (QED) is 0.808. The third-order valence-corrected chi connectivity index (χ3v) is 3.80. The number of aryl methyl sites for hydroxylation is 1. The van der Waals surface area contributed by atoms with Crippen LogP contribution in [0.5, 0.6) is 11.5 Å². The SMILES string of the molecule is Cc1cc2c(cc1C(=O)CN)OCC1(CC1)CO2. The number of fused-ring (bicyclic) bond motifs is 1. The molecule has 0 aromatic heterocycles. The van der Waals surface area contributed by atoms with E-state index < -0.39 is 0 Å². The minimum absolute atomic E-state index is 0.0183. The number of nitrogens with two attached hydrogens (primary N) is 1. The molecule has 1 saturated carbocycles. The normalized spacial score (nSPS) is 19.4. The van der Waals surface area contributed by atoms with Gasteiger partial charge in [-0.05, 0) is 37.5 Å². The van der Waals surface area contributed by atoms with E-state index in [4.69, 9.17) is 15.2 Å². The van der Waals surface area contributed by atoms with Crippen LogP contribution in [0.3, 0.4) is 0 Å². The zero-order chi connectivity index (χ0) is 12.8. The van der Waals surface area contributed by atoms with Gasteiger partial charge in [-0.1, -0.05) is 0 Å². The van der Waals surface area contributed by atoms with Gasteiger partial charge in [0.25, 0.3) is 0 Å². The minimum Gasteiger partial charge on any atom is -0.489 e. The lowest BCUT2D eigenvalue weighted by Crippen LogP contribution is -2.17. The van der Waals surface area contributed by atoms with Crippen molar-refractivity contribution in [1.82, 2.24) is 0 Å². The number of carbonyl (C=O) groups excluding carboxylic acids is 1. The summed E-state index contributed by atoms with van der Waals surface area (Å²) in [6.07, 6.45) is 2.32. The van der Waals surface area contributed by atoms with E-state index in [1.54, 1.807) is 6.07 Å². The zero-order valence-electron chi connectivity index (χ0n) is 10.5. The molecule has 1 aromatic rings. The van der Waals surface area contributed by atoms with E-state index in [-0.39, 0.29) is 17.7 Å². The molecule has 0 bridgehead atoms. The summed E-state index contributed by atoms with van der Waals surface area (Å²) in [5.41, 5.74) is 7.14. The number of ketones is 1. The van der Waals surface area contributed by atoms with Crippen molar-refractivity contribution in [3.8, 4) is 11.5 Å². The molecule has 1 aliphatic heterocycles. The molecule has 18 heavy (non-hydrogen) atoms. The monoisotopic (exact) mass is 247 g/mol. The molecule has 3 rings (SSSR count). The molecule has 1 aromatic carbocycles. The highest BCUT2D eigenvalue weighted by molar-refractivity contribution is 5.99. The lowest BCUT2D eigenvalue weighted by atomic mass is 10.0. The first-order valence-electron chi connectivity index (χ1n) is 6.27. The van der Waals surface area contributed by atoms with Crippen LogP contribution in [-0.2, 0) is 0 Å². The Morgan fingerprint density at radius 2 is 1.89 bits per heavy atom. The molecular formula is C14H17NO3. The summed E-state index contributed by atoms with van der Waals surface area (Å²) < 4.78 is 11.6. The molecule has 96 valence electrons. The van der Waals surface area contributed by atoms with E-state index in [2.05, 4.69) is 0 Å². The van der Waals surface area contributed by atoms with Crippen molar-refractivity contribution in [1.29, 1.82) is 0 Å². The Labute approximate surface area is 106 Å². The summed E-state index contributed by atoms with van der Waals surface area (Å²) >= 11 is 0. The molecule has 1 spiro atoms. The summed E-state index contributed by atoms with van der Waals surface area (Å²) in [5, 5.41) is 0. The highest BCUT2D eigenvalue weighted by Gasteiger charge is 2.46. The highest BCUT2D eigenvalue weighted by Crippen LogP contribution is 2.49. The van der Waals surface area contributed by atoms with Gasteiger partial charge in [0.2, 0.25) is 0 Å². The Kier molecular flexibility index (Phi) is 2.55. The van der Waals surface area contributed by atoms with E-state index in [0.717, 1.165) is 24.2 Å². The average molecular weight is 247 g/mol. The van der Waals surface area contributed by atoms with Crippen LogP contribution in [0.1, 0.15) is 28.8 Å². The van der Waals surface area contributed by atoms with E-state index in [0.29, 0.717) is 24.5 Å². The van der Waals surface area contributed by atoms with Crippen molar-refractivity contribution >= 4 is 5.78 Å². The predicted molar refractivity (Wildman–Crippen MR) is 67.2 cm³/mol. The Morgan fingerprint density at radius 3 is 2.44 bits per heavy atom. The lowest BCUT2D eigenvalue weighted by Gasteiger charge is -2.11. The topological polar surface area (TPSA) is 61.6 Å². The van der Waals surface area contributed by atoms with Gasteiger partial charge in [-0.15, -0.1) is 0 Å². The molecular weight excluding hydrogens is 230 g/mol. The molecule has 1 heterocycles. The second-order valence-corrected chi connectivity index (χ2v) is 5.32. The number of hydrogen-bond acceptors (Lipinski definition) is 4. The fourth-order valence-electron chi connectivity index (χ4n) is 2.27. The molecule has 2 aliphatic rings. The molecule has 4 nitrogen and oxygen atoms in total. The zero-order valence-corrected chi connectivity index (χ0v) is 10.5. The van der Waals surface area contributed by atoms with E-state index in [9.17, 15) is 4.79 Å². The van der Waals surface area contributed by atoms with Gasteiger partial charge in [0.1, 0.15) is 0 Å². The molecule has 0 radical (unpaired) electrons. The fourth-order valence-corrected chi connectivity index (χ4v) is 2.27. The van der Waals surface area contributed by atoms with Gasteiger partial charge < -0.3 is 15.2 Å². The molecule has 0 amide bonds. The summed E-state index contributed by atoms with van der Waals surface area (Å²) in [6, 6.07) is 3.64. The first-order chi connectivity index (χ1) is 8.63. The molecule has 1 fully saturated rings. The van der Waals surface area contributed by atoms with Crippen LogP contribution in [0.2, 0.25) is 0 Å². The number of ether oxygens (including phenoxy) is 2. The van der Waals surface area contributed by atoms with Crippen molar-refractivity contribution in [2.45, 2.75) is 19.8 Å². The van der Waals surface area contributed by atoms with Gasteiger partial charge >= 0.3 is 0 Å². The van der Waals surface area contributed by atoms with Gasteiger partial charge in [0.05, 0.1) is 19.8 Å². The molecule has 2 N–H and O–H groups in total. The van der Waals surface area contributed by atoms with Crippen LogP contribution in [-0.4, -0.2) is 25.5 Å². The number of carbonyl (C=O) groups is 1. The Hall–Kier alpha value is -1.55. The maximum atomic E-state index is 11.7. The lowest BCUT2D eigenvalue weighted by molar-refractivity contribution is 0.100. The van der Waals surface area contributed by atoms with Gasteiger partial charge in [-0.2, -0.15) is 0 Å². The smallest absolute Gasteiger partial charge is 0.176 e. The van der Waals surface area contributed by atoms with Crippen LogP contribution < -0.4 is 15.2 Å². The van der Waals surface area contributed by atoms with Crippen molar-refractivity contribution in [2.75, 3.05) is 19.8 Å². The third-order valence-electron chi connectivity index (χ3n) is 3.80. The number of rotatable bonds is 2. The maximum absolute atomic E-state index is 11.7. The standard InChI is InChI=1S/C14H17NO3/c1-9-4-12-13(5-10(9)11(16)6-15)18-8-14(2-3-14)7-17-12/h4-5H,2-3,6-8,15H2,1H3. The second-order valence-electron chi connectivity index (χ2n) is 5.32. The van der Waals surface area contributed by atoms with Crippen molar-refractivity contribution in [3.63, 3.8) is 0 Å². The number of Topliss-reactive ketones (excluding diaryl/α,β-unsaturated/α-hetero) is 1. The van der Waals surface area contributed by atoms with Crippen molar-refractivity contribution in [3.05, 3.63) is 23.3 Å². The first kappa shape index (κ1) is 11.5. The molecule has 1 aliphatic carbocycles. The van der Waals surface area contributed by atoms with Crippen molar-refractivity contribution in [2.24, 2.45) is 11.1 Å². The number of hydrogen-bond donors (Lipinski definition) is 1. The summed E-state index contributed by atoms with van der Waals surface area (Å²) in [5.74, 6) is 1.34. The summed E-state index contributed by atoms with van der Waals surface area (Å²) in [7, 11) is 0. The predicted octanol–water partition coefficient (Wildman–Crippen LogP) is 1.69. The van der Waals surface area contributed by atoms with Crippen LogP contribution in [0.4, 0.5) is 0 Å². The first-order valence-corrected chi connectivity index (χ1v) is 6.27. The largest absolute Gasteiger partial charge is 0.489 e. The Morgan fingerprint density at radius 1 is 1.28 bits per heavy atom. The maximum Gasteiger partial charge on any atom is 0.176 e. The summed E-state index contributed by atoms with van der Waals surface area (Å²) in [6.45, 7) is 3.30. The second kappa shape index (κ2) is 3.99. The van der Waals surface area contributed by atoms with Crippen LogP contribution in [0.25, 0.3) is 0 Å². The fraction of sp³-hybridized carbons (Fsp3) is 0.500. The Bertz CT molecular complexity index is 506. The average Bonchev–Trinajstić information content (AvgIpc) is 3.16. The molecule has 0 atom stereocenters. The Balaban J connectivity index is 1.95.